The molecule has 8 nitrogen and oxygen atoms in total. The predicted molar refractivity (Wildman–Crippen MR) is 119 cm³/mol. The van der Waals surface area contributed by atoms with Crippen LogP contribution in [0.15, 0.2) is 40.5 Å². The van der Waals surface area contributed by atoms with E-state index in [9.17, 15) is 14.4 Å². The number of aromatic nitrogens is 2. The molecule has 0 saturated heterocycles. The number of benzene rings is 1. The van der Waals surface area contributed by atoms with Crippen molar-refractivity contribution in [2.75, 3.05) is 7.11 Å². The highest BCUT2D eigenvalue weighted by Crippen LogP contribution is 2.35. The van der Waals surface area contributed by atoms with E-state index in [0.29, 0.717) is 22.4 Å². The summed E-state index contributed by atoms with van der Waals surface area (Å²) in [7, 11) is 1.32. The average molecular weight is 439 g/mol. The lowest BCUT2D eigenvalue weighted by Gasteiger charge is -2.17. The first-order valence-electron chi connectivity index (χ1n) is 9.96. The minimum atomic E-state index is -0.427. The summed E-state index contributed by atoms with van der Waals surface area (Å²) in [6.07, 6.45) is 5.79. The van der Waals surface area contributed by atoms with Crippen molar-refractivity contribution in [2.45, 2.75) is 32.7 Å². The van der Waals surface area contributed by atoms with Gasteiger partial charge in [-0.15, -0.1) is 11.3 Å². The van der Waals surface area contributed by atoms with E-state index >= 15 is 0 Å². The van der Waals surface area contributed by atoms with Crippen LogP contribution in [0, 0.1) is 5.92 Å². The highest BCUT2D eigenvalue weighted by atomic mass is 32.1. The zero-order valence-corrected chi connectivity index (χ0v) is 18.1. The number of thiophene rings is 1. The van der Waals surface area contributed by atoms with Gasteiger partial charge in [-0.2, -0.15) is 5.10 Å². The Balaban J connectivity index is 1.44. The maximum Gasteiger partial charge on any atom is 0.337 e. The third-order valence-electron chi connectivity index (χ3n) is 5.33. The van der Waals surface area contributed by atoms with Crippen LogP contribution >= 0.6 is 11.3 Å². The van der Waals surface area contributed by atoms with Gasteiger partial charge in [0.2, 0.25) is 0 Å². The summed E-state index contributed by atoms with van der Waals surface area (Å²) in [6.45, 7) is 2.05. The molecule has 1 amide bonds. The molecule has 1 aliphatic rings. The van der Waals surface area contributed by atoms with Crippen LogP contribution < -0.4 is 11.0 Å². The number of methoxy groups -OCH3 is 1. The van der Waals surface area contributed by atoms with E-state index in [2.05, 4.69) is 27.2 Å². The number of hydrazone groups is 1. The Labute approximate surface area is 182 Å². The minimum absolute atomic E-state index is 0.165. The van der Waals surface area contributed by atoms with Crippen LogP contribution in [0.3, 0.4) is 0 Å². The summed E-state index contributed by atoms with van der Waals surface area (Å²) < 4.78 is 5.97. The molecule has 1 unspecified atom stereocenters. The number of hydrogen-bond acceptors (Lipinski definition) is 7. The number of esters is 1. The number of carbonyl (C=O) groups excluding carboxylic acids is 2. The first-order valence-corrected chi connectivity index (χ1v) is 10.8. The molecule has 1 aromatic carbocycles. The van der Waals surface area contributed by atoms with E-state index in [4.69, 9.17) is 0 Å². The van der Waals surface area contributed by atoms with Crippen molar-refractivity contribution in [3.63, 3.8) is 0 Å². The molecular weight excluding hydrogens is 416 g/mol. The van der Waals surface area contributed by atoms with Crippen LogP contribution in [0.25, 0.3) is 10.2 Å². The van der Waals surface area contributed by atoms with Crippen LogP contribution in [-0.2, 0) is 28.9 Å². The number of nitrogens with zero attached hydrogens (tertiary/aromatic N) is 3. The van der Waals surface area contributed by atoms with Crippen LogP contribution in [0.4, 0.5) is 0 Å². The Morgan fingerprint density at radius 2 is 2.13 bits per heavy atom. The summed E-state index contributed by atoms with van der Waals surface area (Å²) in [5.74, 6) is -0.235. The highest BCUT2D eigenvalue weighted by Gasteiger charge is 2.23. The number of ether oxygens (including phenoxy) is 1. The molecule has 2 heterocycles. The molecule has 1 N–H and O–H groups in total. The first kappa shape index (κ1) is 20.9. The number of nitrogens with one attached hydrogen (secondary N) is 1. The van der Waals surface area contributed by atoms with Crippen molar-refractivity contribution in [2.24, 2.45) is 11.0 Å². The van der Waals surface area contributed by atoms with Gasteiger partial charge in [0.1, 0.15) is 11.4 Å². The Morgan fingerprint density at radius 1 is 1.35 bits per heavy atom. The van der Waals surface area contributed by atoms with Gasteiger partial charge in [0.25, 0.3) is 11.5 Å². The van der Waals surface area contributed by atoms with Gasteiger partial charge in [-0.25, -0.2) is 15.2 Å². The van der Waals surface area contributed by atoms with E-state index in [1.807, 2.05) is 0 Å². The third-order valence-corrected chi connectivity index (χ3v) is 6.49. The van der Waals surface area contributed by atoms with Gasteiger partial charge in [-0.1, -0.05) is 19.1 Å². The SMILES string of the molecule is COC(=O)c1ccc(/C=N/NC(=O)Cn2cnc3sc4c(c3c2=O)CCC(C)C4)cc1. The molecule has 160 valence electrons. The summed E-state index contributed by atoms with van der Waals surface area (Å²) in [5, 5.41) is 4.57. The first-order chi connectivity index (χ1) is 15.0. The zero-order valence-electron chi connectivity index (χ0n) is 17.3. The standard InChI is InChI=1S/C22H22N4O4S/c1-13-3-8-16-17(9-13)31-20-19(16)21(28)26(12-23-20)11-18(27)25-24-10-14-4-6-15(7-5-14)22(29)30-2/h4-7,10,12-13H,3,8-9,11H2,1-2H3,(H,25,27)/b24-10+. The highest BCUT2D eigenvalue weighted by molar-refractivity contribution is 7.18. The Morgan fingerprint density at radius 3 is 2.87 bits per heavy atom. The summed E-state index contributed by atoms with van der Waals surface area (Å²) >= 11 is 1.58. The molecule has 0 bridgehead atoms. The Hall–Kier alpha value is -3.33. The fourth-order valence-electron chi connectivity index (χ4n) is 3.67. The second-order valence-electron chi connectivity index (χ2n) is 7.62. The molecule has 4 rings (SSSR count). The molecule has 2 aromatic heterocycles. The van der Waals surface area contributed by atoms with Crippen LogP contribution in [0.1, 0.15) is 39.7 Å². The van der Waals surface area contributed by atoms with Gasteiger partial charge in [0.05, 0.1) is 30.6 Å². The average Bonchev–Trinajstić information content (AvgIpc) is 3.14. The molecule has 9 heteroatoms. The Bertz CT molecular complexity index is 1230. The minimum Gasteiger partial charge on any atom is -0.465 e. The second kappa shape index (κ2) is 8.81. The largest absolute Gasteiger partial charge is 0.465 e. The van der Waals surface area contributed by atoms with Crippen molar-refractivity contribution in [3.8, 4) is 0 Å². The van der Waals surface area contributed by atoms with Crippen LogP contribution in [0.5, 0.6) is 0 Å². The maximum atomic E-state index is 13.0. The van der Waals surface area contributed by atoms with Crippen LogP contribution in [0.2, 0.25) is 0 Å². The molecule has 3 aromatic rings. The lowest BCUT2D eigenvalue weighted by Crippen LogP contribution is -2.30. The topological polar surface area (TPSA) is 103 Å². The van der Waals surface area contributed by atoms with Crippen LogP contribution in [-0.4, -0.2) is 34.8 Å². The van der Waals surface area contributed by atoms with E-state index < -0.39 is 11.9 Å². The maximum absolute atomic E-state index is 13.0. The smallest absolute Gasteiger partial charge is 0.337 e. The van der Waals surface area contributed by atoms with Gasteiger partial charge in [0, 0.05) is 4.88 Å². The molecule has 1 atom stereocenters. The van der Waals surface area contributed by atoms with Gasteiger partial charge in [-0.05, 0) is 48.4 Å². The second-order valence-corrected chi connectivity index (χ2v) is 8.70. The lowest BCUT2D eigenvalue weighted by atomic mass is 9.89. The summed E-state index contributed by atoms with van der Waals surface area (Å²) in [5.41, 5.74) is 4.46. The quantitative estimate of drug-likeness (QED) is 0.375. The lowest BCUT2D eigenvalue weighted by molar-refractivity contribution is -0.121. The Kier molecular flexibility index (Phi) is 5.94. The zero-order chi connectivity index (χ0) is 22.0. The van der Waals surface area contributed by atoms with E-state index in [1.54, 1.807) is 35.6 Å². The number of carbonyl (C=O) groups is 2. The number of fused-ring (bicyclic) bond motifs is 3. The number of amides is 1. The molecule has 0 radical (unpaired) electrons. The van der Waals surface area contributed by atoms with Crippen molar-refractivity contribution in [3.05, 3.63) is 62.5 Å². The molecule has 0 spiro atoms. The van der Waals surface area contributed by atoms with Crippen molar-refractivity contribution < 1.29 is 14.3 Å². The van der Waals surface area contributed by atoms with Gasteiger partial charge in [-0.3, -0.25) is 14.2 Å². The van der Waals surface area contributed by atoms with Gasteiger partial charge >= 0.3 is 5.97 Å². The number of hydrogen-bond donors (Lipinski definition) is 1. The van der Waals surface area contributed by atoms with Crippen molar-refractivity contribution >= 4 is 39.6 Å². The van der Waals surface area contributed by atoms with E-state index in [1.165, 1.54) is 29.1 Å². The molecule has 0 saturated carbocycles. The monoisotopic (exact) mass is 438 g/mol. The third kappa shape index (κ3) is 4.41. The van der Waals surface area contributed by atoms with Gasteiger partial charge < -0.3 is 4.74 Å². The van der Waals surface area contributed by atoms with Crippen molar-refractivity contribution in [1.82, 2.24) is 15.0 Å². The summed E-state index contributed by atoms with van der Waals surface area (Å²) in [6, 6.07) is 6.59. The fourth-order valence-corrected chi connectivity index (χ4v) is 5.01. The van der Waals surface area contributed by atoms with E-state index in [0.717, 1.165) is 29.7 Å². The molecule has 1 aliphatic carbocycles. The predicted octanol–water partition coefficient (Wildman–Crippen LogP) is 2.52. The normalized spacial score (nSPS) is 15.7. The number of aryl methyl sites for hydroxylation is 1. The molecule has 0 fully saturated rings. The molecule has 31 heavy (non-hydrogen) atoms. The molecular formula is C22H22N4O4S. The fraction of sp³-hybridized carbons (Fsp3) is 0.318. The summed E-state index contributed by atoms with van der Waals surface area (Å²) in [4.78, 5) is 43.1. The van der Waals surface area contributed by atoms with Crippen molar-refractivity contribution in [1.29, 1.82) is 0 Å². The van der Waals surface area contributed by atoms with E-state index in [-0.39, 0.29) is 12.1 Å². The van der Waals surface area contributed by atoms with Gasteiger partial charge in [0.15, 0.2) is 0 Å². The number of rotatable bonds is 5. The molecule has 0 aliphatic heterocycles.